The molecule has 3 aliphatic carbocycles. The van der Waals surface area contributed by atoms with Gasteiger partial charge in [0.1, 0.15) is 23.1 Å². The maximum absolute atomic E-state index is 12.5. The molecule has 96 heavy (non-hydrogen) atoms. The first kappa shape index (κ1) is 73.9. The van der Waals surface area contributed by atoms with Crippen molar-refractivity contribution in [2.45, 2.75) is 241 Å². The Morgan fingerprint density at radius 3 is 1.17 bits per heavy atom. The molecule has 4 heteroatoms. The van der Waals surface area contributed by atoms with Gasteiger partial charge in [-0.2, -0.15) is 0 Å². The molecule has 4 nitrogen and oxygen atoms in total. The van der Waals surface area contributed by atoms with E-state index < -0.39 is 0 Å². The van der Waals surface area contributed by atoms with Crippen LogP contribution in [-0.4, -0.2) is 22.5 Å². The Balaban J connectivity index is 0.000000185. The molecule has 8 aromatic rings. The van der Waals surface area contributed by atoms with Gasteiger partial charge in [-0.15, -0.1) is 0 Å². The summed E-state index contributed by atoms with van der Waals surface area (Å²) in [7, 11) is 0. The van der Waals surface area contributed by atoms with Crippen molar-refractivity contribution < 1.29 is 19.5 Å². The summed E-state index contributed by atoms with van der Waals surface area (Å²) in [5.74, 6) is 1.56. The second-order valence-electron chi connectivity index (χ2n) is 27.8. The minimum atomic E-state index is 0. The van der Waals surface area contributed by atoms with Crippen LogP contribution in [0.5, 0.6) is 5.75 Å². The maximum Gasteiger partial charge on any atom is 0.132 e. The molecular weight excluding hydrogens is 1170 g/mol. The molecule has 0 saturated carbocycles. The minimum absolute atomic E-state index is 0. The van der Waals surface area contributed by atoms with Crippen LogP contribution < -0.4 is 0 Å². The predicted molar refractivity (Wildman–Crippen MR) is 410 cm³/mol. The van der Waals surface area contributed by atoms with Crippen molar-refractivity contribution in [1.29, 1.82) is 0 Å². The summed E-state index contributed by atoms with van der Waals surface area (Å²) >= 11 is 0. The Kier molecular flexibility index (Phi) is 30.7. The minimum Gasteiger partial charge on any atom is -0.508 e. The third-order valence-corrected chi connectivity index (χ3v) is 19.6. The average Bonchev–Trinajstić information content (AvgIpc) is 1.94. The van der Waals surface area contributed by atoms with Crippen molar-refractivity contribution in [3.63, 3.8) is 0 Å². The Labute approximate surface area is 578 Å². The van der Waals surface area contributed by atoms with Crippen LogP contribution in [0.4, 0.5) is 0 Å². The third kappa shape index (κ3) is 24.9. The lowest BCUT2D eigenvalue weighted by Crippen LogP contribution is -1.99. The molecule has 0 unspecified atom stereocenters. The molecule has 0 atom stereocenters. The van der Waals surface area contributed by atoms with E-state index in [1.54, 1.807) is 6.07 Å². The van der Waals surface area contributed by atoms with Crippen LogP contribution in [0.1, 0.15) is 248 Å². The lowest BCUT2D eigenvalue weighted by atomic mass is 9.97. The Hall–Kier alpha value is -7.95. The van der Waals surface area contributed by atoms with Gasteiger partial charge in [0.15, 0.2) is 0 Å². The van der Waals surface area contributed by atoms with E-state index >= 15 is 0 Å². The number of unbranched alkanes of at least 4 members (excludes halogenated alkanes) is 7. The second-order valence-corrected chi connectivity index (χ2v) is 27.8. The number of rotatable bonds is 36. The molecule has 504 valence electrons. The van der Waals surface area contributed by atoms with Crippen molar-refractivity contribution >= 4 is 46.4 Å². The van der Waals surface area contributed by atoms with Crippen molar-refractivity contribution in [3.05, 3.63) is 259 Å². The summed E-state index contributed by atoms with van der Waals surface area (Å²) < 4.78 is 0. The summed E-state index contributed by atoms with van der Waals surface area (Å²) in [6, 6.07) is 61.1. The van der Waals surface area contributed by atoms with Crippen LogP contribution in [0.2, 0.25) is 0 Å². The smallest absolute Gasteiger partial charge is 0.132 e. The first-order valence-electron chi connectivity index (χ1n) is 36.8. The zero-order chi connectivity index (χ0) is 66.4. The Morgan fingerprint density at radius 2 is 0.698 bits per heavy atom. The number of hydrogen-bond donors (Lipinski definition) is 1. The molecular formula is C92H112O4. The van der Waals surface area contributed by atoms with E-state index in [1.165, 1.54) is 163 Å². The molecule has 0 spiro atoms. The summed E-state index contributed by atoms with van der Waals surface area (Å²) in [4.78, 5) is 37.0. The Morgan fingerprint density at radius 1 is 0.323 bits per heavy atom. The number of fused-ring (bicyclic) bond motifs is 4. The fraction of sp³-hybridized carbons (Fsp3) is 0.402. The van der Waals surface area contributed by atoms with Crippen LogP contribution in [0.25, 0.3) is 40.1 Å². The number of carbonyl (C=O) groups excluding carboxylic acids is 3. The monoisotopic (exact) mass is 1280 g/mol. The van der Waals surface area contributed by atoms with Crippen LogP contribution >= 0.6 is 0 Å². The van der Waals surface area contributed by atoms with Gasteiger partial charge >= 0.3 is 0 Å². The quantitative estimate of drug-likeness (QED) is 0.0397. The number of carbonyl (C=O) groups is 3. The fourth-order valence-corrected chi connectivity index (χ4v) is 14.1. The SMILES string of the molecule is C.CCCCCc1ccc2ccc(CCCC(=O)CCCC3=Cc4cc(O)ccc4C3)cc2c1.CCCCCc1cccc(-c2cccc(CCCC(=O)CCCC3=Cc4cc(C)ccc4C3)c2)c1.Cc1ccc2c(c1)C=C(CCCC(=O)CCCCCCc1ccccc1)C2. The Bertz CT molecular complexity index is 3870. The van der Waals surface area contributed by atoms with E-state index in [4.69, 9.17) is 0 Å². The van der Waals surface area contributed by atoms with Gasteiger partial charge in [0, 0.05) is 38.5 Å². The van der Waals surface area contributed by atoms with Gasteiger partial charge in [0.05, 0.1) is 0 Å². The molecule has 0 radical (unpaired) electrons. The maximum atomic E-state index is 12.5. The van der Waals surface area contributed by atoms with E-state index in [2.05, 4.69) is 198 Å². The number of aromatic hydroxyl groups is 1. The van der Waals surface area contributed by atoms with E-state index in [1.807, 2.05) is 12.1 Å². The molecule has 0 amide bonds. The second kappa shape index (κ2) is 39.9. The fourth-order valence-electron chi connectivity index (χ4n) is 14.1. The molecule has 3 aliphatic rings. The molecule has 0 saturated heterocycles. The van der Waals surface area contributed by atoms with Gasteiger partial charge < -0.3 is 5.11 Å². The first-order valence-corrected chi connectivity index (χ1v) is 36.8. The molecule has 0 aliphatic heterocycles. The van der Waals surface area contributed by atoms with Crippen LogP contribution in [0.15, 0.2) is 187 Å². The summed E-state index contributed by atoms with van der Waals surface area (Å²) in [5.41, 5.74) is 24.5. The first-order chi connectivity index (χ1) is 46.4. The number of ketones is 3. The highest BCUT2D eigenvalue weighted by atomic mass is 16.3. The molecule has 0 fully saturated rings. The molecule has 0 aromatic heterocycles. The van der Waals surface area contributed by atoms with Crippen molar-refractivity contribution in [3.8, 4) is 16.9 Å². The number of aryl methyl sites for hydroxylation is 7. The molecule has 0 heterocycles. The van der Waals surface area contributed by atoms with Crippen molar-refractivity contribution in [1.82, 2.24) is 0 Å². The van der Waals surface area contributed by atoms with Crippen LogP contribution in [-0.2, 0) is 65.8 Å². The van der Waals surface area contributed by atoms with Crippen molar-refractivity contribution in [2.75, 3.05) is 0 Å². The van der Waals surface area contributed by atoms with Gasteiger partial charge in [-0.25, -0.2) is 0 Å². The summed E-state index contributed by atoms with van der Waals surface area (Å²) in [6.45, 7) is 8.79. The van der Waals surface area contributed by atoms with Crippen LogP contribution in [0.3, 0.4) is 0 Å². The number of hydrogen-bond acceptors (Lipinski definition) is 4. The standard InChI is InChI=1S/C34H40O.C31H36O2.C26H32O.CH4/c1-3-4-5-10-27-11-6-15-30(22-27)31-16-7-12-28(23-31)13-8-17-34(35)18-9-14-29-24-32-20-19-26(2)21-33(32)25-29;1-2-3-4-7-23-12-14-26-15-13-24(19-28(26)18-23)8-5-10-30(32)11-6-9-25-20-27-16-17-31(33)22-29(27)21-25;1-21-16-17-24-19-23(20-25(24)18-21)13-9-15-26(27)14-8-3-2-5-10-22-11-6-4-7-12-22;/h6-7,11-12,15-16,19-23,25H,3-5,8-10,13-14,17-18,24H2,1-2H3;12-19,21-22,33H,2-11,20H2,1H3;4,6-7,11-12,16-18,20H,2-3,5,8-10,13-15,19H2,1H3;1H4. The normalized spacial score (nSPS) is 12.5. The summed E-state index contributed by atoms with van der Waals surface area (Å²) in [5, 5.41) is 12.3. The van der Waals surface area contributed by atoms with E-state index in [0.29, 0.717) is 48.8 Å². The lowest BCUT2D eigenvalue weighted by Gasteiger charge is -2.08. The van der Waals surface area contributed by atoms with Gasteiger partial charge in [-0.1, -0.05) is 264 Å². The zero-order valence-electron chi connectivity index (χ0n) is 58.2. The predicted octanol–water partition coefficient (Wildman–Crippen LogP) is 24.6. The molecule has 8 aromatic carbocycles. The van der Waals surface area contributed by atoms with E-state index in [0.717, 1.165) is 128 Å². The highest BCUT2D eigenvalue weighted by Crippen LogP contribution is 2.33. The number of phenolic OH excluding ortho intramolecular Hbond substituents is 1. The van der Waals surface area contributed by atoms with Gasteiger partial charge in [-0.3, -0.25) is 14.4 Å². The number of allylic oxidation sites excluding steroid dienone is 3. The zero-order valence-corrected chi connectivity index (χ0v) is 58.2. The number of benzene rings is 8. The topological polar surface area (TPSA) is 71.4 Å². The highest BCUT2D eigenvalue weighted by molar-refractivity contribution is 5.84. The molecule has 0 bridgehead atoms. The van der Waals surface area contributed by atoms with E-state index in [-0.39, 0.29) is 7.43 Å². The van der Waals surface area contributed by atoms with Gasteiger partial charge in [0.25, 0.3) is 0 Å². The largest absolute Gasteiger partial charge is 0.508 e. The van der Waals surface area contributed by atoms with Crippen molar-refractivity contribution in [2.24, 2.45) is 0 Å². The highest BCUT2D eigenvalue weighted by Gasteiger charge is 2.17. The van der Waals surface area contributed by atoms with Gasteiger partial charge in [0.2, 0.25) is 0 Å². The number of phenols is 1. The van der Waals surface area contributed by atoms with Crippen LogP contribution in [0, 0.1) is 13.8 Å². The lowest BCUT2D eigenvalue weighted by molar-refractivity contribution is -0.120. The number of Topliss-reactive ketones (excluding diaryl/α,β-unsaturated/α-hetero) is 3. The summed E-state index contributed by atoms with van der Waals surface area (Å²) in [6.07, 6.45) is 39.7. The van der Waals surface area contributed by atoms with E-state index in [9.17, 15) is 19.5 Å². The third-order valence-electron chi connectivity index (χ3n) is 19.6. The average molecular weight is 1280 g/mol. The molecule has 11 rings (SSSR count). The van der Waals surface area contributed by atoms with Gasteiger partial charge in [-0.05, 0) is 237 Å². The molecule has 1 N–H and O–H groups in total.